The van der Waals surface area contributed by atoms with Crippen LogP contribution in [0, 0.1) is 13.8 Å². The van der Waals surface area contributed by atoms with Crippen LogP contribution in [0.1, 0.15) is 40.3 Å². The van der Waals surface area contributed by atoms with Gasteiger partial charge in [0.2, 0.25) is 0 Å². The number of nitrogens with zero attached hydrogens (tertiary/aromatic N) is 2. The van der Waals surface area contributed by atoms with Gasteiger partial charge in [0.05, 0.1) is 17.3 Å². The summed E-state index contributed by atoms with van der Waals surface area (Å²) < 4.78 is 6.45. The predicted octanol–water partition coefficient (Wildman–Crippen LogP) is 2.79. The molecule has 1 aromatic heterocycles. The van der Waals surface area contributed by atoms with E-state index in [2.05, 4.69) is 10.4 Å². The second kappa shape index (κ2) is 8.26. The summed E-state index contributed by atoms with van der Waals surface area (Å²) in [6.07, 6.45) is 0. The van der Waals surface area contributed by atoms with Crippen molar-refractivity contribution in [2.24, 2.45) is 7.05 Å². The second-order valence-electron chi connectivity index (χ2n) is 6.93. The van der Waals surface area contributed by atoms with Crippen LogP contribution in [0.5, 0.6) is 0 Å². The molecule has 0 aliphatic carbocycles. The summed E-state index contributed by atoms with van der Waals surface area (Å²) in [4.78, 5) is 36.7. The highest BCUT2D eigenvalue weighted by molar-refractivity contribution is 6.41. The van der Waals surface area contributed by atoms with Crippen LogP contribution in [0.3, 0.4) is 0 Å². The van der Waals surface area contributed by atoms with E-state index in [1.54, 1.807) is 20.9 Å². The number of hydrogen-bond acceptors (Lipinski definition) is 5. The Bertz CT molecular complexity index is 1100. The van der Waals surface area contributed by atoms with E-state index < -0.39 is 24.3 Å². The van der Waals surface area contributed by atoms with Crippen molar-refractivity contribution >= 4 is 28.4 Å². The minimum absolute atomic E-state index is 0.210. The van der Waals surface area contributed by atoms with Crippen molar-refractivity contribution in [3.63, 3.8) is 0 Å². The maximum absolute atomic E-state index is 12.3. The molecule has 0 bridgehead atoms. The summed E-state index contributed by atoms with van der Waals surface area (Å²) in [5.74, 6) is -2.36. The zero-order valence-electron chi connectivity index (χ0n) is 16.9. The standard InChI is InChI=1S/C22H23N3O4/c1-13(17-11-7-9-16-8-5-6-10-18(16)17)23-19(26)12-29-22(28)21(27)20-14(2)24-25(4)15(20)3/h5-11,13H,12H2,1-4H3,(H,23,26). The molecule has 1 N–H and O–H groups in total. The van der Waals surface area contributed by atoms with Gasteiger partial charge in [0.25, 0.3) is 11.7 Å². The Balaban J connectivity index is 1.62. The molecule has 0 aliphatic heterocycles. The fourth-order valence-corrected chi connectivity index (χ4v) is 3.39. The van der Waals surface area contributed by atoms with Gasteiger partial charge in [-0.15, -0.1) is 0 Å². The predicted molar refractivity (Wildman–Crippen MR) is 108 cm³/mol. The van der Waals surface area contributed by atoms with Gasteiger partial charge < -0.3 is 10.1 Å². The van der Waals surface area contributed by atoms with Crippen LogP contribution in [0.25, 0.3) is 10.8 Å². The zero-order chi connectivity index (χ0) is 21.1. The number of amides is 1. The van der Waals surface area contributed by atoms with E-state index in [9.17, 15) is 14.4 Å². The number of nitrogens with one attached hydrogen (secondary N) is 1. The highest BCUT2D eigenvalue weighted by Gasteiger charge is 2.26. The van der Waals surface area contributed by atoms with Crippen molar-refractivity contribution in [2.45, 2.75) is 26.8 Å². The Kier molecular flexibility index (Phi) is 5.77. The first-order valence-corrected chi connectivity index (χ1v) is 9.28. The fourth-order valence-electron chi connectivity index (χ4n) is 3.39. The number of esters is 1. The lowest BCUT2D eigenvalue weighted by molar-refractivity contribution is -0.144. The molecule has 1 atom stereocenters. The number of ketones is 1. The van der Waals surface area contributed by atoms with Crippen LogP contribution in [0.2, 0.25) is 0 Å². The topological polar surface area (TPSA) is 90.3 Å². The maximum Gasteiger partial charge on any atom is 0.380 e. The third-order valence-corrected chi connectivity index (χ3v) is 4.92. The minimum Gasteiger partial charge on any atom is -0.450 e. The quantitative estimate of drug-likeness (QED) is 0.395. The third kappa shape index (κ3) is 4.18. The van der Waals surface area contributed by atoms with Gasteiger partial charge in [-0.2, -0.15) is 5.10 Å². The Labute approximate surface area is 168 Å². The van der Waals surface area contributed by atoms with E-state index in [4.69, 9.17) is 4.74 Å². The summed E-state index contributed by atoms with van der Waals surface area (Å²) in [6, 6.07) is 13.5. The van der Waals surface area contributed by atoms with Crippen LogP contribution in [-0.4, -0.2) is 34.0 Å². The van der Waals surface area contributed by atoms with Crippen molar-refractivity contribution in [1.82, 2.24) is 15.1 Å². The molecule has 0 saturated carbocycles. The molecule has 0 aliphatic rings. The lowest BCUT2D eigenvalue weighted by Gasteiger charge is -2.16. The molecule has 3 rings (SSSR count). The van der Waals surface area contributed by atoms with Gasteiger partial charge >= 0.3 is 5.97 Å². The summed E-state index contributed by atoms with van der Waals surface area (Å²) >= 11 is 0. The zero-order valence-corrected chi connectivity index (χ0v) is 16.9. The van der Waals surface area contributed by atoms with Crippen LogP contribution in [-0.2, 0) is 21.4 Å². The molecule has 150 valence electrons. The molecule has 0 fully saturated rings. The van der Waals surface area contributed by atoms with Crippen molar-refractivity contribution in [3.05, 3.63) is 65.0 Å². The molecule has 0 spiro atoms. The minimum atomic E-state index is -1.07. The van der Waals surface area contributed by atoms with E-state index in [-0.39, 0.29) is 11.6 Å². The maximum atomic E-state index is 12.3. The Morgan fingerprint density at radius 2 is 1.79 bits per heavy atom. The van der Waals surface area contributed by atoms with E-state index in [1.807, 2.05) is 49.4 Å². The number of aryl methyl sites for hydroxylation is 2. The van der Waals surface area contributed by atoms with E-state index in [0.717, 1.165) is 16.3 Å². The highest BCUT2D eigenvalue weighted by Crippen LogP contribution is 2.24. The van der Waals surface area contributed by atoms with Gasteiger partial charge in [-0.3, -0.25) is 14.3 Å². The number of Topliss-reactive ketones (excluding diaryl/α,β-unsaturated/α-hetero) is 1. The summed E-state index contributed by atoms with van der Waals surface area (Å²) in [6.45, 7) is 4.66. The van der Waals surface area contributed by atoms with E-state index >= 15 is 0 Å². The van der Waals surface area contributed by atoms with Crippen LogP contribution in [0.4, 0.5) is 0 Å². The van der Waals surface area contributed by atoms with E-state index in [1.165, 1.54) is 4.68 Å². The number of aromatic nitrogens is 2. The summed E-state index contributed by atoms with van der Waals surface area (Å²) in [5, 5.41) is 9.03. The van der Waals surface area contributed by atoms with Gasteiger partial charge in [0.15, 0.2) is 6.61 Å². The molecule has 1 unspecified atom stereocenters. The van der Waals surface area contributed by atoms with Gasteiger partial charge in [0, 0.05) is 12.7 Å². The largest absolute Gasteiger partial charge is 0.450 e. The van der Waals surface area contributed by atoms with Crippen LogP contribution >= 0.6 is 0 Å². The fraction of sp³-hybridized carbons (Fsp3) is 0.273. The monoisotopic (exact) mass is 393 g/mol. The smallest absolute Gasteiger partial charge is 0.380 e. The number of hydrogen-bond donors (Lipinski definition) is 1. The molecular formula is C22H23N3O4. The summed E-state index contributed by atoms with van der Waals surface area (Å²) in [5.41, 5.74) is 2.18. The molecule has 7 heteroatoms. The van der Waals surface area contributed by atoms with Gasteiger partial charge in [-0.1, -0.05) is 42.5 Å². The van der Waals surface area contributed by atoms with E-state index in [0.29, 0.717) is 11.4 Å². The molecular weight excluding hydrogens is 370 g/mol. The SMILES string of the molecule is Cc1nn(C)c(C)c1C(=O)C(=O)OCC(=O)NC(C)c1cccc2ccccc12. The summed E-state index contributed by atoms with van der Waals surface area (Å²) in [7, 11) is 1.69. The van der Waals surface area contributed by atoms with Gasteiger partial charge in [-0.05, 0) is 37.1 Å². The van der Waals surface area contributed by atoms with Crippen molar-refractivity contribution in [3.8, 4) is 0 Å². The van der Waals surface area contributed by atoms with Crippen molar-refractivity contribution < 1.29 is 19.1 Å². The van der Waals surface area contributed by atoms with Crippen molar-refractivity contribution in [2.75, 3.05) is 6.61 Å². The number of fused-ring (bicyclic) bond motifs is 1. The number of rotatable bonds is 6. The normalized spacial score (nSPS) is 11.9. The number of benzene rings is 2. The second-order valence-corrected chi connectivity index (χ2v) is 6.93. The van der Waals surface area contributed by atoms with Gasteiger partial charge in [-0.25, -0.2) is 4.79 Å². The number of carbonyl (C=O) groups is 3. The van der Waals surface area contributed by atoms with Crippen LogP contribution in [0.15, 0.2) is 42.5 Å². The molecule has 29 heavy (non-hydrogen) atoms. The molecule has 7 nitrogen and oxygen atoms in total. The molecule has 0 radical (unpaired) electrons. The first-order chi connectivity index (χ1) is 13.8. The molecule has 0 saturated heterocycles. The Morgan fingerprint density at radius 1 is 1.10 bits per heavy atom. The van der Waals surface area contributed by atoms with Gasteiger partial charge in [0.1, 0.15) is 0 Å². The molecule has 2 aromatic carbocycles. The molecule has 1 heterocycles. The lowest BCUT2D eigenvalue weighted by atomic mass is 10.00. The Hall–Kier alpha value is -3.48. The molecule has 1 amide bonds. The first-order valence-electron chi connectivity index (χ1n) is 9.28. The lowest BCUT2D eigenvalue weighted by Crippen LogP contribution is -2.32. The number of carbonyl (C=O) groups excluding carboxylic acids is 3. The number of ether oxygens (including phenoxy) is 1. The van der Waals surface area contributed by atoms with Crippen molar-refractivity contribution in [1.29, 1.82) is 0 Å². The highest BCUT2D eigenvalue weighted by atomic mass is 16.5. The average molecular weight is 393 g/mol. The Morgan fingerprint density at radius 3 is 2.48 bits per heavy atom. The molecule has 3 aromatic rings. The first kappa shape index (κ1) is 20.3. The third-order valence-electron chi connectivity index (χ3n) is 4.92. The average Bonchev–Trinajstić information content (AvgIpc) is 2.96. The van der Waals surface area contributed by atoms with Crippen LogP contribution < -0.4 is 5.32 Å².